The second-order valence-electron chi connectivity index (χ2n) is 4.87. The van der Waals surface area contributed by atoms with Crippen LogP contribution in [0.4, 0.5) is 0 Å². The molecule has 0 amide bonds. The van der Waals surface area contributed by atoms with Crippen molar-refractivity contribution in [2.75, 3.05) is 20.1 Å². The second-order valence-corrected chi connectivity index (χ2v) is 4.87. The van der Waals surface area contributed by atoms with Gasteiger partial charge in [-0.25, -0.2) is 0 Å². The van der Waals surface area contributed by atoms with Gasteiger partial charge >= 0.3 is 0 Å². The van der Waals surface area contributed by atoms with Crippen molar-refractivity contribution in [2.45, 2.75) is 39.3 Å². The Balaban J connectivity index is 2.29. The molecule has 2 heteroatoms. The van der Waals surface area contributed by atoms with Crippen LogP contribution in [0.3, 0.4) is 0 Å². The van der Waals surface area contributed by atoms with Crippen LogP contribution >= 0.6 is 0 Å². The Morgan fingerprint density at radius 3 is 2.82 bits per heavy atom. The lowest BCUT2D eigenvalue weighted by atomic mass is 9.89. The van der Waals surface area contributed by atoms with Gasteiger partial charge in [0, 0.05) is 19.1 Å². The number of nitrogens with zero attached hydrogens (tertiary/aromatic N) is 1. The summed E-state index contributed by atoms with van der Waals surface area (Å²) in [7, 11) is 2.01. The van der Waals surface area contributed by atoms with E-state index in [9.17, 15) is 0 Å². The van der Waals surface area contributed by atoms with Gasteiger partial charge in [0.1, 0.15) is 0 Å². The van der Waals surface area contributed by atoms with Crippen LogP contribution in [0.25, 0.3) is 0 Å². The van der Waals surface area contributed by atoms with E-state index in [0.717, 1.165) is 13.1 Å². The van der Waals surface area contributed by atoms with Crippen LogP contribution in [0.5, 0.6) is 0 Å². The Morgan fingerprint density at radius 2 is 2.18 bits per heavy atom. The number of benzene rings is 1. The quantitative estimate of drug-likeness (QED) is 0.858. The summed E-state index contributed by atoms with van der Waals surface area (Å²) >= 11 is 0. The zero-order valence-corrected chi connectivity index (χ0v) is 11.3. The molecular formula is C15H24N2. The van der Waals surface area contributed by atoms with Crippen molar-refractivity contribution in [3.05, 3.63) is 34.9 Å². The van der Waals surface area contributed by atoms with E-state index < -0.39 is 0 Å². The van der Waals surface area contributed by atoms with Gasteiger partial charge in [0.2, 0.25) is 0 Å². The first-order chi connectivity index (χ1) is 8.30. The molecule has 1 aliphatic heterocycles. The highest BCUT2D eigenvalue weighted by molar-refractivity contribution is 5.36. The van der Waals surface area contributed by atoms with Crippen LogP contribution in [0.15, 0.2) is 18.2 Å². The Kier molecular flexibility index (Phi) is 4.19. The third-order valence-electron chi connectivity index (χ3n) is 3.85. The van der Waals surface area contributed by atoms with Gasteiger partial charge in [0.15, 0.2) is 0 Å². The van der Waals surface area contributed by atoms with E-state index in [0.29, 0.717) is 6.04 Å². The molecule has 2 nitrogen and oxygen atoms in total. The molecule has 0 spiro atoms. The van der Waals surface area contributed by atoms with Crippen LogP contribution in [-0.4, -0.2) is 25.0 Å². The van der Waals surface area contributed by atoms with Gasteiger partial charge in [-0.1, -0.05) is 32.0 Å². The van der Waals surface area contributed by atoms with E-state index in [1.165, 1.54) is 24.9 Å². The zero-order chi connectivity index (χ0) is 12.3. The first-order valence-corrected chi connectivity index (χ1v) is 6.80. The van der Waals surface area contributed by atoms with Crippen LogP contribution in [-0.2, 0) is 13.0 Å². The fraction of sp³-hybridized carbons (Fsp3) is 0.600. The van der Waals surface area contributed by atoms with Crippen LogP contribution in [0, 0.1) is 0 Å². The molecule has 1 N–H and O–H groups in total. The molecule has 2 rings (SSSR count). The summed E-state index contributed by atoms with van der Waals surface area (Å²) in [5.41, 5.74) is 4.53. The minimum absolute atomic E-state index is 0.632. The summed E-state index contributed by atoms with van der Waals surface area (Å²) in [6, 6.07) is 7.64. The van der Waals surface area contributed by atoms with Crippen molar-refractivity contribution in [1.82, 2.24) is 10.2 Å². The molecule has 1 aromatic rings. The molecule has 0 fully saturated rings. The molecule has 1 heterocycles. The number of hydrogen-bond acceptors (Lipinski definition) is 2. The average molecular weight is 232 g/mol. The van der Waals surface area contributed by atoms with E-state index in [-0.39, 0.29) is 0 Å². The van der Waals surface area contributed by atoms with E-state index in [1.807, 2.05) is 7.05 Å². The van der Waals surface area contributed by atoms with Crippen LogP contribution in [0.1, 0.15) is 43.0 Å². The Bertz CT molecular complexity index is 373. The zero-order valence-electron chi connectivity index (χ0n) is 11.3. The van der Waals surface area contributed by atoms with Crippen molar-refractivity contribution in [2.24, 2.45) is 0 Å². The Labute approximate surface area is 105 Å². The molecule has 1 unspecified atom stereocenters. The molecule has 17 heavy (non-hydrogen) atoms. The molecule has 1 atom stereocenters. The second kappa shape index (κ2) is 5.65. The smallest absolute Gasteiger partial charge is 0.0348 e. The number of fused-ring (bicyclic) bond motifs is 1. The molecule has 94 valence electrons. The molecule has 0 saturated carbocycles. The van der Waals surface area contributed by atoms with E-state index in [4.69, 9.17) is 0 Å². The van der Waals surface area contributed by atoms with Gasteiger partial charge in [-0.3, -0.25) is 4.90 Å². The maximum atomic E-state index is 3.23. The third kappa shape index (κ3) is 2.53. The predicted molar refractivity (Wildman–Crippen MR) is 73.2 cm³/mol. The minimum Gasteiger partial charge on any atom is -0.316 e. The minimum atomic E-state index is 0.632. The lowest BCUT2D eigenvalue weighted by Crippen LogP contribution is -2.35. The van der Waals surface area contributed by atoms with Gasteiger partial charge in [-0.05, 0) is 43.1 Å². The largest absolute Gasteiger partial charge is 0.316 e. The van der Waals surface area contributed by atoms with Crippen LogP contribution < -0.4 is 5.32 Å². The normalized spacial score (nSPS) is 20.3. The molecule has 0 radical (unpaired) electrons. The monoisotopic (exact) mass is 232 g/mol. The SMILES string of the molecule is CCC1c2ccc(CNC)cc2CCN1CC. The maximum Gasteiger partial charge on any atom is 0.0348 e. The number of likely N-dealkylation sites (N-methyl/N-ethyl adjacent to an activating group) is 1. The van der Waals surface area contributed by atoms with Gasteiger partial charge < -0.3 is 5.32 Å². The summed E-state index contributed by atoms with van der Waals surface area (Å²) in [5, 5.41) is 3.23. The third-order valence-corrected chi connectivity index (χ3v) is 3.85. The molecule has 0 aliphatic carbocycles. The lowest BCUT2D eigenvalue weighted by Gasteiger charge is -2.36. The van der Waals surface area contributed by atoms with Gasteiger partial charge in [-0.15, -0.1) is 0 Å². The van der Waals surface area contributed by atoms with Crippen molar-refractivity contribution < 1.29 is 0 Å². The number of rotatable bonds is 4. The molecule has 1 aliphatic rings. The molecule has 1 aromatic carbocycles. The summed E-state index contributed by atoms with van der Waals surface area (Å²) in [5.74, 6) is 0. The Hall–Kier alpha value is -0.860. The number of nitrogens with one attached hydrogen (secondary N) is 1. The topological polar surface area (TPSA) is 15.3 Å². The van der Waals surface area contributed by atoms with Gasteiger partial charge in [-0.2, -0.15) is 0 Å². The molecular weight excluding hydrogens is 208 g/mol. The predicted octanol–water partition coefficient (Wildman–Crippen LogP) is 2.74. The van der Waals surface area contributed by atoms with E-state index in [1.54, 1.807) is 11.1 Å². The van der Waals surface area contributed by atoms with E-state index >= 15 is 0 Å². The van der Waals surface area contributed by atoms with Crippen LogP contribution in [0.2, 0.25) is 0 Å². The lowest BCUT2D eigenvalue weighted by molar-refractivity contribution is 0.190. The summed E-state index contributed by atoms with van der Waals surface area (Å²) < 4.78 is 0. The van der Waals surface area contributed by atoms with Crippen molar-refractivity contribution in [3.8, 4) is 0 Å². The van der Waals surface area contributed by atoms with Gasteiger partial charge in [0.05, 0.1) is 0 Å². The number of hydrogen-bond donors (Lipinski definition) is 1. The summed E-state index contributed by atoms with van der Waals surface area (Å²) in [6.45, 7) is 7.91. The standard InChI is InChI=1S/C15H24N2/c1-4-15-14-7-6-12(11-16-3)10-13(14)8-9-17(15)5-2/h6-7,10,15-16H,4-5,8-9,11H2,1-3H3. The van der Waals surface area contributed by atoms with Crippen molar-refractivity contribution in [3.63, 3.8) is 0 Å². The van der Waals surface area contributed by atoms with E-state index in [2.05, 4.69) is 42.3 Å². The summed E-state index contributed by atoms with van der Waals surface area (Å²) in [6.07, 6.45) is 2.42. The molecule has 0 bridgehead atoms. The highest BCUT2D eigenvalue weighted by Gasteiger charge is 2.24. The highest BCUT2D eigenvalue weighted by atomic mass is 15.2. The maximum absolute atomic E-state index is 3.23. The van der Waals surface area contributed by atoms with Gasteiger partial charge in [0.25, 0.3) is 0 Å². The van der Waals surface area contributed by atoms with Crippen molar-refractivity contribution in [1.29, 1.82) is 0 Å². The highest BCUT2D eigenvalue weighted by Crippen LogP contribution is 2.32. The molecule has 0 aromatic heterocycles. The average Bonchev–Trinajstić information content (AvgIpc) is 2.37. The first-order valence-electron chi connectivity index (χ1n) is 6.80. The fourth-order valence-corrected chi connectivity index (χ4v) is 2.99. The summed E-state index contributed by atoms with van der Waals surface area (Å²) in [4.78, 5) is 2.60. The van der Waals surface area contributed by atoms with Crippen molar-refractivity contribution >= 4 is 0 Å². The fourth-order valence-electron chi connectivity index (χ4n) is 2.99. The Morgan fingerprint density at radius 1 is 1.35 bits per heavy atom. The molecule has 0 saturated heterocycles. The first kappa shape index (κ1) is 12.6.